The predicted molar refractivity (Wildman–Crippen MR) is 79.9 cm³/mol. The highest BCUT2D eigenvalue weighted by molar-refractivity contribution is 5.39. The molecule has 1 fully saturated rings. The topological polar surface area (TPSA) is 41.5 Å². The fraction of sp³-hybridized carbons (Fsp3) is 0.647. The van der Waals surface area contributed by atoms with Crippen molar-refractivity contribution in [2.24, 2.45) is 0 Å². The molecule has 2 N–H and O–H groups in total. The Hall–Kier alpha value is -1.06. The van der Waals surface area contributed by atoms with E-state index in [0.717, 1.165) is 18.6 Å². The lowest BCUT2D eigenvalue weighted by atomic mass is 9.85. The lowest BCUT2D eigenvalue weighted by Crippen LogP contribution is -2.44. The van der Waals surface area contributed by atoms with E-state index in [1.54, 1.807) is 0 Å². The fourth-order valence-corrected chi connectivity index (χ4v) is 3.71. The number of ether oxygens (including phenoxy) is 1. The van der Waals surface area contributed by atoms with Gasteiger partial charge in [0.25, 0.3) is 0 Å². The van der Waals surface area contributed by atoms with Gasteiger partial charge in [-0.2, -0.15) is 0 Å². The molecule has 0 aromatic heterocycles. The first-order valence-corrected chi connectivity index (χ1v) is 7.87. The van der Waals surface area contributed by atoms with Crippen LogP contribution in [0.5, 0.6) is 5.75 Å². The van der Waals surface area contributed by atoms with Crippen LogP contribution in [0.1, 0.15) is 57.1 Å². The quantitative estimate of drug-likeness (QED) is 0.886. The van der Waals surface area contributed by atoms with Crippen LogP contribution in [0.25, 0.3) is 0 Å². The largest absolute Gasteiger partial charge is 0.487 e. The van der Waals surface area contributed by atoms with Crippen LogP contribution in [0, 0.1) is 0 Å². The molecule has 2 atom stereocenters. The fourth-order valence-electron chi connectivity index (χ4n) is 3.71. The summed E-state index contributed by atoms with van der Waals surface area (Å²) in [7, 11) is 0. The average Bonchev–Trinajstić information content (AvgIpc) is 2.87. The van der Waals surface area contributed by atoms with Gasteiger partial charge in [0, 0.05) is 30.7 Å². The third-order valence-electron chi connectivity index (χ3n) is 4.76. The second kappa shape index (κ2) is 5.74. The first kappa shape index (κ1) is 13.9. The number of aliphatic hydroxyl groups excluding tert-OH is 1. The minimum Gasteiger partial charge on any atom is -0.487 e. The van der Waals surface area contributed by atoms with Gasteiger partial charge in [0.05, 0.1) is 0 Å². The molecule has 2 unspecified atom stereocenters. The molecule has 3 rings (SSSR count). The number of nitrogens with one attached hydrogen (secondary N) is 1. The van der Waals surface area contributed by atoms with E-state index >= 15 is 0 Å². The summed E-state index contributed by atoms with van der Waals surface area (Å²) >= 11 is 0. The molecular weight excluding hydrogens is 250 g/mol. The summed E-state index contributed by atoms with van der Waals surface area (Å²) < 4.78 is 6.36. The summed E-state index contributed by atoms with van der Waals surface area (Å²) in [6, 6.07) is 9.08. The minimum absolute atomic E-state index is 0.0466. The maximum Gasteiger partial charge on any atom is 0.124 e. The van der Waals surface area contributed by atoms with Crippen molar-refractivity contribution in [1.29, 1.82) is 0 Å². The summed E-state index contributed by atoms with van der Waals surface area (Å²) in [6.45, 7) is 2.39. The van der Waals surface area contributed by atoms with Gasteiger partial charge < -0.3 is 15.2 Å². The number of rotatable bonds is 4. The second-order valence-electron chi connectivity index (χ2n) is 6.37. The molecule has 1 aliphatic carbocycles. The molecule has 1 aromatic rings. The third-order valence-corrected chi connectivity index (χ3v) is 4.76. The highest BCUT2D eigenvalue weighted by atomic mass is 16.5. The Balaban J connectivity index is 1.83. The molecule has 3 nitrogen and oxygen atoms in total. The van der Waals surface area contributed by atoms with Crippen molar-refractivity contribution in [3.63, 3.8) is 0 Å². The Morgan fingerprint density at radius 3 is 2.85 bits per heavy atom. The van der Waals surface area contributed by atoms with Gasteiger partial charge in [0.2, 0.25) is 0 Å². The first-order chi connectivity index (χ1) is 9.72. The highest BCUT2D eigenvalue weighted by Crippen LogP contribution is 2.47. The lowest BCUT2D eigenvalue weighted by molar-refractivity contribution is 0.0346. The highest BCUT2D eigenvalue weighted by Gasteiger charge is 2.43. The Labute approximate surface area is 121 Å². The number of hydrogen-bond acceptors (Lipinski definition) is 3. The van der Waals surface area contributed by atoms with Crippen LogP contribution in [-0.4, -0.2) is 23.4 Å². The van der Waals surface area contributed by atoms with Gasteiger partial charge in [-0.05, 0) is 45.1 Å². The average molecular weight is 275 g/mol. The minimum atomic E-state index is 0.0466. The van der Waals surface area contributed by atoms with E-state index in [-0.39, 0.29) is 12.2 Å². The molecule has 0 radical (unpaired) electrons. The van der Waals surface area contributed by atoms with E-state index in [4.69, 9.17) is 9.84 Å². The summed E-state index contributed by atoms with van der Waals surface area (Å²) in [6.07, 6.45) is 6.76. The maximum absolute atomic E-state index is 9.10. The van der Waals surface area contributed by atoms with Gasteiger partial charge in [-0.15, -0.1) is 0 Å². The Kier molecular flexibility index (Phi) is 3.99. The number of para-hydroxylation sites is 1. The van der Waals surface area contributed by atoms with Gasteiger partial charge in [-0.1, -0.05) is 18.2 Å². The zero-order chi connectivity index (χ0) is 14.0. The van der Waals surface area contributed by atoms with Gasteiger partial charge in [-0.25, -0.2) is 0 Å². The first-order valence-electron chi connectivity index (χ1n) is 7.87. The van der Waals surface area contributed by atoms with Crippen molar-refractivity contribution in [3.05, 3.63) is 29.8 Å². The monoisotopic (exact) mass is 275 g/mol. The zero-order valence-electron chi connectivity index (χ0n) is 12.3. The number of fused-ring (bicyclic) bond motifs is 1. The molecule has 1 heterocycles. The van der Waals surface area contributed by atoms with Gasteiger partial charge in [0.1, 0.15) is 11.4 Å². The molecule has 3 heteroatoms. The van der Waals surface area contributed by atoms with E-state index in [2.05, 4.69) is 36.5 Å². The predicted octanol–water partition coefficient (Wildman–Crippen LogP) is 3.18. The maximum atomic E-state index is 9.10. The van der Waals surface area contributed by atoms with Crippen LogP contribution >= 0.6 is 0 Å². The van der Waals surface area contributed by atoms with E-state index in [9.17, 15) is 0 Å². The van der Waals surface area contributed by atoms with Crippen LogP contribution in [0.3, 0.4) is 0 Å². The Morgan fingerprint density at radius 1 is 1.35 bits per heavy atom. The molecule has 1 aromatic carbocycles. The van der Waals surface area contributed by atoms with E-state index in [1.807, 2.05) is 0 Å². The van der Waals surface area contributed by atoms with Crippen molar-refractivity contribution in [3.8, 4) is 5.75 Å². The van der Waals surface area contributed by atoms with Crippen molar-refractivity contribution in [2.75, 3.05) is 6.61 Å². The van der Waals surface area contributed by atoms with Crippen LogP contribution < -0.4 is 10.1 Å². The van der Waals surface area contributed by atoms with Crippen LogP contribution in [0.2, 0.25) is 0 Å². The van der Waals surface area contributed by atoms with E-state index in [0.29, 0.717) is 12.1 Å². The van der Waals surface area contributed by atoms with Gasteiger partial charge >= 0.3 is 0 Å². The van der Waals surface area contributed by atoms with Crippen LogP contribution in [-0.2, 0) is 0 Å². The smallest absolute Gasteiger partial charge is 0.124 e. The molecule has 0 amide bonds. The van der Waals surface area contributed by atoms with Crippen molar-refractivity contribution >= 4 is 0 Å². The molecule has 0 bridgehead atoms. The molecule has 1 saturated carbocycles. The Morgan fingerprint density at radius 2 is 2.10 bits per heavy atom. The zero-order valence-corrected chi connectivity index (χ0v) is 12.3. The molecule has 1 spiro atoms. The molecule has 110 valence electrons. The molecule has 0 saturated heterocycles. The normalized spacial score (nSPS) is 25.2. The van der Waals surface area contributed by atoms with Crippen molar-refractivity contribution < 1.29 is 9.84 Å². The van der Waals surface area contributed by atoms with Crippen LogP contribution in [0.15, 0.2) is 24.3 Å². The summed E-state index contributed by atoms with van der Waals surface area (Å²) in [5, 5.41) is 12.8. The summed E-state index contributed by atoms with van der Waals surface area (Å²) in [5.41, 5.74) is 1.32. The summed E-state index contributed by atoms with van der Waals surface area (Å²) in [4.78, 5) is 0. The van der Waals surface area contributed by atoms with Crippen molar-refractivity contribution in [1.82, 2.24) is 5.32 Å². The van der Waals surface area contributed by atoms with Crippen molar-refractivity contribution in [2.45, 2.75) is 63.1 Å². The van der Waals surface area contributed by atoms with Gasteiger partial charge in [0.15, 0.2) is 0 Å². The third kappa shape index (κ3) is 2.70. The molecule has 2 aliphatic rings. The number of benzene rings is 1. The lowest BCUT2D eigenvalue weighted by Gasteiger charge is -2.41. The number of aliphatic hydroxyl groups is 1. The molecule has 20 heavy (non-hydrogen) atoms. The number of hydrogen-bond donors (Lipinski definition) is 2. The van der Waals surface area contributed by atoms with Crippen LogP contribution in [0.4, 0.5) is 0 Å². The second-order valence-corrected chi connectivity index (χ2v) is 6.37. The van der Waals surface area contributed by atoms with Gasteiger partial charge in [-0.3, -0.25) is 0 Å². The summed E-state index contributed by atoms with van der Waals surface area (Å²) in [5.74, 6) is 1.05. The standard InChI is InChI=1S/C17H25NO2/c1-13(8-11-19)18-15-12-17(9-4-5-10-17)20-16-7-3-2-6-14(15)16/h2-3,6-7,13,15,18-19H,4-5,8-12H2,1H3. The molecular formula is C17H25NO2. The SMILES string of the molecule is CC(CCO)NC1CC2(CCCC2)Oc2ccccc21. The van der Waals surface area contributed by atoms with E-state index in [1.165, 1.54) is 31.2 Å². The molecule has 1 aliphatic heterocycles. The Bertz CT molecular complexity index is 454. The van der Waals surface area contributed by atoms with E-state index < -0.39 is 0 Å².